The van der Waals surface area contributed by atoms with Gasteiger partial charge < -0.3 is 4.42 Å². The average Bonchev–Trinajstić information content (AvgIpc) is 2.96. The molecule has 0 amide bonds. The lowest BCUT2D eigenvalue weighted by atomic mass is 9.97. The molecule has 1 unspecified atom stereocenters. The van der Waals surface area contributed by atoms with Crippen LogP contribution in [0.1, 0.15) is 63.0 Å². The van der Waals surface area contributed by atoms with Crippen LogP contribution in [0, 0.1) is 10.8 Å². The average molecular weight is 360 g/mol. The molecule has 0 bridgehead atoms. The lowest BCUT2D eigenvalue weighted by Gasteiger charge is -2.25. The molecule has 0 saturated carbocycles. The summed E-state index contributed by atoms with van der Waals surface area (Å²) in [6.07, 6.45) is 4.96. The molecule has 5 heteroatoms. The highest BCUT2D eigenvalue weighted by atomic mass is 32.1. The van der Waals surface area contributed by atoms with E-state index in [-0.39, 0.29) is 5.92 Å². The van der Waals surface area contributed by atoms with Crippen LogP contribution in [0.2, 0.25) is 0 Å². The molecule has 1 saturated heterocycles. The van der Waals surface area contributed by atoms with Crippen molar-refractivity contribution >= 4 is 12.2 Å². The maximum atomic E-state index is 5.81. The Labute approximate surface area is 155 Å². The van der Waals surface area contributed by atoms with Crippen molar-refractivity contribution in [3.05, 3.63) is 46.1 Å². The molecule has 0 spiro atoms. The minimum Gasteiger partial charge on any atom is -0.413 e. The van der Waals surface area contributed by atoms with Crippen molar-refractivity contribution < 1.29 is 4.42 Å². The summed E-state index contributed by atoms with van der Waals surface area (Å²) in [5, 5.41) is 4.66. The predicted octanol–water partition coefficient (Wildman–Crippen LogP) is 5.00. The maximum absolute atomic E-state index is 5.81. The Morgan fingerprint density at radius 1 is 1.08 bits per heavy atom. The zero-order valence-electron chi connectivity index (χ0n) is 15.6. The van der Waals surface area contributed by atoms with E-state index in [4.69, 9.17) is 16.6 Å². The van der Waals surface area contributed by atoms with E-state index in [9.17, 15) is 0 Å². The number of hydrogen-bond donors (Lipinski definition) is 0. The molecule has 1 fully saturated rings. The van der Waals surface area contributed by atoms with Crippen molar-refractivity contribution in [3.63, 3.8) is 0 Å². The minimum absolute atomic E-state index is 0.109. The summed E-state index contributed by atoms with van der Waals surface area (Å²) >= 11 is 5.39. The molecule has 0 N–H and O–H groups in total. The van der Waals surface area contributed by atoms with Gasteiger partial charge in [-0.3, -0.25) is 4.90 Å². The van der Waals surface area contributed by atoms with E-state index in [1.165, 1.54) is 30.4 Å². The molecule has 1 aliphatic heterocycles. The van der Waals surface area contributed by atoms with Gasteiger partial charge in [0.25, 0.3) is 4.84 Å². The molecule has 2 heterocycles. The number of nitrogens with zero attached hydrogens (tertiary/aromatic N) is 3. The van der Waals surface area contributed by atoms with Crippen molar-refractivity contribution in [2.45, 2.75) is 59.0 Å². The highest BCUT2D eigenvalue weighted by Crippen LogP contribution is 2.24. The van der Waals surface area contributed by atoms with Gasteiger partial charge in [-0.25, -0.2) is 4.68 Å². The van der Waals surface area contributed by atoms with Gasteiger partial charge in [-0.15, -0.1) is 5.10 Å². The van der Waals surface area contributed by atoms with Crippen LogP contribution in [-0.2, 0) is 13.1 Å². The van der Waals surface area contributed by atoms with Gasteiger partial charge in [0.2, 0.25) is 5.89 Å². The monoisotopic (exact) mass is 359 g/mol. The standard InChI is InChI=1S/C20H29N3OS/c1-15(2)13-17-7-9-18(10-8-17)16(3)19-21-23(20(25)24-19)14-22-11-5-4-6-12-22/h7-10,15-16H,4-6,11-14H2,1-3H3. The zero-order chi connectivity index (χ0) is 17.8. The number of likely N-dealkylation sites (tertiary alicyclic amines) is 1. The van der Waals surface area contributed by atoms with E-state index in [0.29, 0.717) is 16.6 Å². The SMILES string of the molecule is CC(C)Cc1ccc(C(C)c2nn(CN3CCCCC3)c(=S)o2)cc1. The first kappa shape index (κ1) is 18.3. The molecule has 0 aliphatic carbocycles. The molecule has 136 valence electrons. The lowest BCUT2D eigenvalue weighted by Crippen LogP contribution is -2.32. The highest BCUT2D eigenvalue weighted by molar-refractivity contribution is 7.71. The van der Waals surface area contributed by atoms with Crippen LogP contribution < -0.4 is 0 Å². The smallest absolute Gasteiger partial charge is 0.288 e. The van der Waals surface area contributed by atoms with Crippen LogP contribution >= 0.6 is 12.2 Å². The molecule has 1 atom stereocenters. The number of piperidine rings is 1. The predicted molar refractivity (Wildman–Crippen MR) is 103 cm³/mol. The van der Waals surface area contributed by atoms with Crippen LogP contribution in [0.5, 0.6) is 0 Å². The topological polar surface area (TPSA) is 34.2 Å². The van der Waals surface area contributed by atoms with E-state index in [1.807, 2.05) is 4.68 Å². The van der Waals surface area contributed by atoms with E-state index in [1.54, 1.807) is 0 Å². The quantitative estimate of drug-likeness (QED) is 0.680. The van der Waals surface area contributed by atoms with Crippen LogP contribution in [0.15, 0.2) is 28.7 Å². The minimum atomic E-state index is 0.109. The van der Waals surface area contributed by atoms with Crippen molar-refractivity contribution in [1.82, 2.24) is 14.7 Å². The van der Waals surface area contributed by atoms with Crippen molar-refractivity contribution in [2.75, 3.05) is 13.1 Å². The van der Waals surface area contributed by atoms with Gasteiger partial charge in [0.15, 0.2) is 0 Å². The maximum Gasteiger partial charge on any atom is 0.288 e. The summed E-state index contributed by atoms with van der Waals surface area (Å²) in [6.45, 7) is 9.60. The van der Waals surface area contributed by atoms with E-state index in [2.05, 4.69) is 55.0 Å². The van der Waals surface area contributed by atoms with Gasteiger partial charge in [0.1, 0.15) is 0 Å². The van der Waals surface area contributed by atoms with E-state index < -0.39 is 0 Å². The van der Waals surface area contributed by atoms with E-state index in [0.717, 1.165) is 26.2 Å². The van der Waals surface area contributed by atoms with Crippen LogP contribution in [0.25, 0.3) is 0 Å². The van der Waals surface area contributed by atoms with Crippen LogP contribution in [0.3, 0.4) is 0 Å². The Morgan fingerprint density at radius 2 is 1.76 bits per heavy atom. The molecule has 2 aromatic rings. The first-order chi connectivity index (χ1) is 12.0. The third-order valence-corrected chi connectivity index (χ3v) is 5.19. The fraction of sp³-hybridized carbons (Fsp3) is 0.600. The lowest BCUT2D eigenvalue weighted by molar-refractivity contribution is 0.170. The largest absolute Gasteiger partial charge is 0.413 e. The van der Waals surface area contributed by atoms with Gasteiger partial charge in [-0.05, 0) is 68.5 Å². The van der Waals surface area contributed by atoms with Gasteiger partial charge in [0, 0.05) is 0 Å². The number of benzene rings is 1. The zero-order valence-corrected chi connectivity index (χ0v) is 16.4. The van der Waals surface area contributed by atoms with Crippen LogP contribution in [0.4, 0.5) is 0 Å². The molecule has 1 aromatic heterocycles. The molecule has 1 aliphatic rings. The Balaban J connectivity index is 1.70. The molecule has 1 aromatic carbocycles. The molecular formula is C20H29N3OS. The second kappa shape index (κ2) is 8.28. The summed E-state index contributed by atoms with van der Waals surface area (Å²) < 4.78 is 7.64. The second-order valence-electron chi connectivity index (χ2n) is 7.59. The Hall–Kier alpha value is -1.46. The van der Waals surface area contributed by atoms with Crippen molar-refractivity contribution in [3.8, 4) is 0 Å². The second-order valence-corrected chi connectivity index (χ2v) is 7.94. The normalized spacial score (nSPS) is 17.1. The number of rotatable bonds is 6. The Bertz CT molecular complexity index is 726. The Kier molecular flexibility index (Phi) is 6.07. The third-order valence-electron chi connectivity index (χ3n) is 4.90. The molecule has 4 nitrogen and oxygen atoms in total. The summed E-state index contributed by atoms with van der Waals surface area (Å²) in [5.74, 6) is 1.49. The first-order valence-corrected chi connectivity index (χ1v) is 9.83. The van der Waals surface area contributed by atoms with Crippen molar-refractivity contribution in [2.24, 2.45) is 5.92 Å². The number of hydrogen-bond acceptors (Lipinski definition) is 4. The summed E-state index contributed by atoms with van der Waals surface area (Å²) in [4.78, 5) is 2.88. The summed E-state index contributed by atoms with van der Waals surface area (Å²) in [7, 11) is 0. The van der Waals surface area contributed by atoms with Crippen molar-refractivity contribution in [1.29, 1.82) is 0 Å². The third kappa shape index (κ3) is 4.79. The molecule has 25 heavy (non-hydrogen) atoms. The van der Waals surface area contributed by atoms with Crippen LogP contribution in [-0.4, -0.2) is 27.8 Å². The molecular weight excluding hydrogens is 330 g/mol. The van der Waals surface area contributed by atoms with Gasteiger partial charge in [0.05, 0.1) is 12.6 Å². The number of aromatic nitrogens is 2. The fourth-order valence-electron chi connectivity index (χ4n) is 3.43. The first-order valence-electron chi connectivity index (χ1n) is 9.42. The molecule has 0 radical (unpaired) electrons. The summed E-state index contributed by atoms with van der Waals surface area (Å²) in [5.41, 5.74) is 2.59. The summed E-state index contributed by atoms with van der Waals surface area (Å²) in [6, 6.07) is 8.80. The highest BCUT2D eigenvalue weighted by Gasteiger charge is 2.18. The molecule has 3 rings (SSSR count). The van der Waals surface area contributed by atoms with Gasteiger partial charge in [-0.2, -0.15) is 0 Å². The van der Waals surface area contributed by atoms with E-state index >= 15 is 0 Å². The van der Waals surface area contributed by atoms with Gasteiger partial charge >= 0.3 is 0 Å². The Morgan fingerprint density at radius 3 is 2.40 bits per heavy atom. The fourth-order valence-corrected chi connectivity index (χ4v) is 3.62. The van der Waals surface area contributed by atoms with Gasteiger partial charge in [-0.1, -0.05) is 44.5 Å².